The monoisotopic (exact) mass is 414 g/mol. The van der Waals surface area contributed by atoms with E-state index in [1.807, 2.05) is 12.1 Å². The number of benzene rings is 3. The standard InChI is InChI=1S/C26H26F4/c1-2-3-4-16-5-7-17(8-6-16)18-9-11-19(12-10-18)20-13-21-15-23(28)25(29)26(30)24(21)22(27)14-20/h9-17H,2-8H2,1H3/t16-,17-. The number of fused-ring (bicyclic) bond motifs is 1. The number of rotatable bonds is 5. The van der Waals surface area contributed by atoms with Crippen molar-refractivity contribution in [3.8, 4) is 11.1 Å². The molecule has 1 aliphatic carbocycles. The van der Waals surface area contributed by atoms with Crippen molar-refractivity contribution in [2.45, 2.75) is 57.8 Å². The minimum absolute atomic E-state index is 0.0101. The molecule has 0 unspecified atom stereocenters. The van der Waals surface area contributed by atoms with Crippen LogP contribution in [0.2, 0.25) is 0 Å². The van der Waals surface area contributed by atoms with Crippen molar-refractivity contribution < 1.29 is 17.6 Å². The molecular weight excluding hydrogens is 388 g/mol. The van der Waals surface area contributed by atoms with Gasteiger partial charge in [0.15, 0.2) is 17.5 Å². The van der Waals surface area contributed by atoms with Crippen molar-refractivity contribution in [2.24, 2.45) is 5.92 Å². The average Bonchev–Trinajstić information content (AvgIpc) is 2.76. The molecule has 0 atom stereocenters. The van der Waals surface area contributed by atoms with E-state index in [1.54, 1.807) is 0 Å². The summed E-state index contributed by atoms with van der Waals surface area (Å²) in [5.41, 5.74) is 2.56. The molecule has 4 heteroatoms. The van der Waals surface area contributed by atoms with Crippen LogP contribution in [0.1, 0.15) is 63.4 Å². The lowest BCUT2D eigenvalue weighted by Crippen LogP contribution is -2.13. The fraction of sp³-hybridized carbons (Fsp3) is 0.385. The number of hydrogen-bond donors (Lipinski definition) is 0. The van der Waals surface area contributed by atoms with E-state index in [0.29, 0.717) is 11.5 Å². The summed E-state index contributed by atoms with van der Waals surface area (Å²) in [6.07, 6.45) is 8.84. The lowest BCUT2D eigenvalue weighted by Gasteiger charge is -2.29. The van der Waals surface area contributed by atoms with Gasteiger partial charge in [-0.1, -0.05) is 50.5 Å². The summed E-state index contributed by atoms with van der Waals surface area (Å²) in [5.74, 6) is -3.94. The second kappa shape index (κ2) is 8.79. The number of unbranched alkanes of at least 4 members (excludes halogenated alkanes) is 1. The minimum Gasteiger partial charge on any atom is -0.206 e. The average molecular weight is 414 g/mol. The van der Waals surface area contributed by atoms with E-state index in [9.17, 15) is 17.6 Å². The van der Waals surface area contributed by atoms with Gasteiger partial charge < -0.3 is 0 Å². The fourth-order valence-corrected chi connectivity index (χ4v) is 4.78. The molecule has 0 bridgehead atoms. The predicted octanol–water partition coefficient (Wildman–Crippen LogP) is 8.53. The Balaban J connectivity index is 1.55. The molecule has 0 saturated heterocycles. The van der Waals surface area contributed by atoms with Gasteiger partial charge in [-0.3, -0.25) is 0 Å². The van der Waals surface area contributed by atoms with Crippen LogP contribution in [0.15, 0.2) is 42.5 Å². The predicted molar refractivity (Wildman–Crippen MR) is 113 cm³/mol. The summed E-state index contributed by atoms with van der Waals surface area (Å²) in [5, 5.41) is -0.509. The highest BCUT2D eigenvalue weighted by Gasteiger charge is 2.22. The van der Waals surface area contributed by atoms with Gasteiger partial charge in [-0.25, -0.2) is 17.6 Å². The van der Waals surface area contributed by atoms with Crippen LogP contribution in [-0.4, -0.2) is 0 Å². The molecule has 30 heavy (non-hydrogen) atoms. The highest BCUT2D eigenvalue weighted by molar-refractivity contribution is 5.88. The van der Waals surface area contributed by atoms with E-state index in [4.69, 9.17) is 0 Å². The molecule has 0 amide bonds. The van der Waals surface area contributed by atoms with E-state index < -0.39 is 28.7 Å². The molecule has 0 spiro atoms. The van der Waals surface area contributed by atoms with Gasteiger partial charge in [0, 0.05) is 0 Å². The van der Waals surface area contributed by atoms with Gasteiger partial charge in [-0.2, -0.15) is 0 Å². The maximum absolute atomic E-state index is 14.5. The van der Waals surface area contributed by atoms with Crippen LogP contribution >= 0.6 is 0 Å². The van der Waals surface area contributed by atoms with Crippen LogP contribution < -0.4 is 0 Å². The van der Waals surface area contributed by atoms with Crippen LogP contribution in [0, 0.1) is 29.2 Å². The van der Waals surface area contributed by atoms with Crippen LogP contribution in [0.25, 0.3) is 21.9 Å². The Morgan fingerprint density at radius 2 is 1.47 bits per heavy atom. The van der Waals surface area contributed by atoms with Crippen molar-refractivity contribution in [1.82, 2.24) is 0 Å². The Morgan fingerprint density at radius 3 is 2.13 bits per heavy atom. The lowest BCUT2D eigenvalue weighted by molar-refractivity contribution is 0.304. The summed E-state index contributed by atoms with van der Waals surface area (Å²) in [7, 11) is 0. The molecule has 1 saturated carbocycles. The van der Waals surface area contributed by atoms with Crippen LogP contribution in [0.3, 0.4) is 0 Å². The van der Waals surface area contributed by atoms with Gasteiger partial charge in [0.1, 0.15) is 5.82 Å². The zero-order valence-electron chi connectivity index (χ0n) is 17.2. The molecule has 0 aliphatic heterocycles. The molecule has 3 aromatic rings. The van der Waals surface area contributed by atoms with Gasteiger partial charge in [0.25, 0.3) is 0 Å². The Morgan fingerprint density at radius 1 is 0.767 bits per heavy atom. The van der Waals surface area contributed by atoms with E-state index in [-0.39, 0.29) is 5.39 Å². The first-order chi connectivity index (χ1) is 14.5. The highest BCUT2D eigenvalue weighted by Crippen LogP contribution is 2.38. The topological polar surface area (TPSA) is 0 Å². The van der Waals surface area contributed by atoms with E-state index in [0.717, 1.165) is 17.5 Å². The summed E-state index contributed by atoms with van der Waals surface area (Å²) >= 11 is 0. The van der Waals surface area contributed by atoms with Crippen LogP contribution in [0.4, 0.5) is 17.6 Å². The van der Waals surface area contributed by atoms with E-state index >= 15 is 0 Å². The van der Waals surface area contributed by atoms with Gasteiger partial charge in [0.2, 0.25) is 0 Å². The second-order valence-corrected chi connectivity index (χ2v) is 8.52. The van der Waals surface area contributed by atoms with Crippen molar-refractivity contribution in [3.63, 3.8) is 0 Å². The quantitative estimate of drug-likeness (QED) is 0.290. The smallest absolute Gasteiger partial charge is 0.195 e. The normalized spacial score (nSPS) is 19.4. The molecule has 0 aromatic heterocycles. The van der Waals surface area contributed by atoms with Gasteiger partial charge in [0.05, 0.1) is 5.39 Å². The molecular formula is C26H26F4. The van der Waals surface area contributed by atoms with Gasteiger partial charge >= 0.3 is 0 Å². The Hall–Kier alpha value is -2.36. The zero-order chi connectivity index (χ0) is 21.3. The molecule has 1 aliphatic rings. The van der Waals surface area contributed by atoms with Crippen molar-refractivity contribution in [2.75, 3.05) is 0 Å². The maximum Gasteiger partial charge on any atom is 0.195 e. The van der Waals surface area contributed by atoms with Crippen LogP contribution in [-0.2, 0) is 0 Å². The molecule has 1 fully saturated rings. The zero-order valence-corrected chi connectivity index (χ0v) is 17.2. The molecule has 0 radical (unpaired) electrons. The maximum atomic E-state index is 14.5. The molecule has 0 heterocycles. The van der Waals surface area contributed by atoms with Crippen molar-refractivity contribution >= 4 is 10.8 Å². The number of halogens is 4. The lowest BCUT2D eigenvalue weighted by atomic mass is 9.77. The minimum atomic E-state index is -1.65. The molecule has 158 valence electrons. The Labute approximate surface area is 174 Å². The van der Waals surface area contributed by atoms with Gasteiger partial charge in [-0.05, 0) is 77.8 Å². The first-order valence-corrected chi connectivity index (χ1v) is 10.8. The van der Waals surface area contributed by atoms with Crippen LogP contribution in [0.5, 0.6) is 0 Å². The molecule has 0 N–H and O–H groups in total. The Kier molecular flexibility index (Phi) is 6.12. The molecule has 3 aromatic carbocycles. The summed E-state index contributed by atoms with van der Waals surface area (Å²) in [4.78, 5) is 0. The first kappa shape index (κ1) is 20.9. The molecule has 0 nitrogen and oxygen atoms in total. The summed E-state index contributed by atoms with van der Waals surface area (Å²) in [6, 6.07) is 11.5. The van der Waals surface area contributed by atoms with Gasteiger partial charge in [-0.15, -0.1) is 0 Å². The second-order valence-electron chi connectivity index (χ2n) is 8.52. The SMILES string of the molecule is CCCC[C@H]1CC[C@H](c2ccc(-c3cc(F)c4c(F)c(F)c(F)cc4c3)cc2)CC1. The third-order valence-corrected chi connectivity index (χ3v) is 6.55. The fourth-order valence-electron chi connectivity index (χ4n) is 4.78. The summed E-state index contributed by atoms with van der Waals surface area (Å²) in [6.45, 7) is 2.24. The first-order valence-electron chi connectivity index (χ1n) is 10.8. The third kappa shape index (κ3) is 4.10. The summed E-state index contributed by atoms with van der Waals surface area (Å²) < 4.78 is 55.5. The van der Waals surface area contributed by atoms with Crippen molar-refractivity contribution in [1.29, 1.82) is 0 Å². The molecule has 4 rings (SSSR count). The third-order valence-electron chi connectivity index (χ3n) is 6.55. The largest absolute Gasteiger partial charge is 0.206 e. The number of hydrogen-bond acceptors (Lipinski definition) is 0. The highest BCUT2D eigenvalue weighted by atomic mass is 19.2. The van der Waals surface area contributed by atoms with E-state index in [1.165, 1.54) is 62.6 Å². The Bertz CT molecular complexity index is 1030. The van der Waals surface area contributed by atoms with E-state index in [2.05, 4.69) is 19.1 Å². The van der Waals surface area contributed by atoms with Crippen molar-refractivity contribution in [3.05, 3.63) is 71.3 Å².